The van der Waals surface area contributed by atoms with Gasteiger partial charge in [-0.25, -0.2) is 4.98 Å². The van der Waals surface area contributed by atoms with E-state index in [1.165, 1.54) is 0 Å². The van der Waals surface area contributed by atoms with Gasteiger partial charge in [0.15, 0.2) is 0 Å². The van der Waals surface area contributed by atoms with Crippen molar-refractivity contribution in [2.45, 2.75) is 12.5 Å². The third-order valence-corrected chi connectivity index (χ3v) is 3.98. The van der Waals surface area contributed by atoms with Crippen molar-refractivity contribution >= 4 is 39.3 Å². The predicted molar refractivity (Wildman–Crippen MR) is 87.5 cm³/mol. The van der Waals surface area contributed by atoms with Crippen LogP contribution >= 0.6 is 27.5 Å². The van der Waals surface area contributed by atoms with E-state index in [4.69, 9.17) is 17.3 Å². The summed E-state index contributed by atoms with van der Waals surface area (Å²) in [5.41, 5.74) is 6.56. The van der Waals surface area contributed by atoms with Gasteiger partial charge in [0.2, 0.25) is 5.91 Å². The van der Waals surface area contributed by atoms with Gasteiger partial charge >= 0.3 is 0 Å². The minimum atomic E-state index is -0.830. The minimum Gasteiger partial charge on any atom is -0.368 e. The molecule has 2 rings (SSSR count). The Kier molecular flexibility index (Phi) is 5.51. The maximum Gasteiger partial charge on any atom is 0.251 e. The molecule has 0 fully saturated rings. The molecule has 22 heavy (non-hydrogen) atoms. The molecule has 1 aromatic heterocycles. The molecule has 0 aliphatic carbocycles. The molecule has 0 aliphatic heterocycles. The van der Waals surface area contributed by atoms with Crippen LogP contribution in [0.2, 0.25) is 5.02 Å². The van der Waals surface area contributed by atoms with Crippen LogP contribution in [-0.4, -0.2) is 22.8 Å². The summed E-state index contributed by atoms with van der Waals surface area (Å²) in [6.45, 7) is 0. The highest BCUT2D eigenvalue weighted by Gasteiger charge is 2.20. The first-order valence-corrected chi connectivity index (χ1v) is 7.59. The Morgan fingerprint density at radius 2 is 1.95 bits per heavy atom. The van der Waals surface area contributed by atoms with Crippen LogP contribution in [0.25, 0.3) is 0 Å². The summed E-state index contributed by atoms with van der Waals surface area (Å²) in [5, 5.41) is 3.15. The Bertz CT molecular complexity index is 691. The van der Waals surface area contributed by atoms with Gasteiger partial charge in [-0.1, -0.05) is 17.7 Å². The van der Waals surface area contributed by atoms with E-state index < -0.39 is 11.9 Å². The second kappa shape index (κ2) is 7.38. The highest BCUT2D eigenvalue weighted by Crippen LogP contribution is 2.15. The molecule has 7 heteroatoms. The Hall–Kier alpha value is -1.92. The van der Waals surface area contributed by atoms with Gasteiger partial charge in [0.05, 0.1) is 0 Å². The fraction of sp³-hybridized carbons (Fsp3) is 0.133. The molecular weight excluding hydrogens is 370 g/mol. The van der Waals surface area contributed by atoms with E-state index in [0.717, 1.165) is 5.56 Å². The summed E-state index contributed by atoms with van der Waals surface area (Å²) >= 11 is 9.08. The quantitative estimate of drug-likeness (QED) is 0.778. The Morgan fingerprint density at radius 3 is 2.55 bits per heavy atom. The van der Waals surface area contributed by atoms with Crippen LogP contribution in [0.15, 0.2) is 47.2 Å². The summed E-state index contributed by atoms with van der Waals surface area (Å²) < 4.78 is 0.613. The summed E-state index contributed by atoms with van der Waals surface area (Å²) in [4.78, 5) is 27.8. The molecule has 0 radical (unpaired) electrons. The summed E-state index contributed by atoms with van der Waals surface area (Å²) in [5.74, 6) is -1.00. The number of halogens is 2. The van der Waals surface area contributed by atoms with Gasteiger partial charge in [-0.2, -0.15) is 0 Å². The number of nitrogens with two attached hydrogens (primary N) is 1. The lowest BCUT2D eigenvalue weighted by molar-refractivity contribution is -0.119. The van der Waals surface area contributed by atoms with E-state index in [1.807, 2.05) is 6.07 Å². The third kappa shape index (κ3) is 4.29. The summed E-state index contributed by atoms with van der Waals surface area (Å²) in [6, 6.07) is 9.09. The third-order valence-electron chi connectivity index (χ3n) is 3.02. The molecule has 1 atom stereocenters. The Morgan fingerprint density at radius 1 is 1.27 bits per heavy atom. The molecule has 2 aromatic rings. The number of carbonyl (C=O) groups is 2. The molecule has 0 saturated heterocycles. The molecule has 114 valence electrons. The lowest BCUT2D eigenvalue weighted by atomic mass is 10.1. The summed E-state index contributed by atoms with van der Waals surface area (Å²) in [7, 11) is 0. The number of carbonyl (C=O) groups excluding carboxylic acids is 2. The van der Waals surface area contributed by atoms with Crippen LogP contribution in [0.3, 0.4) is 0 Å². The van der Waals surface area contributed by atoms with Crippen LogP contribution in [-0.2, 0) is 11.2 Å². The lowest BCUT2D eigenvalue weighted by Crippen LogP contribution is -2.45. The molecule has 0 spiro atoms. The van der Waals surface area contributed by atoms with Gasteiger partial charge < -0.3 is 11.1 Å². The fourth-order valence-corrected chi connectivity index (χ4v) is 2.40. The highest BCUT2D eigenvalue weighted by molar-refractivity contribution is 9.10. The number of nitrogens with zero attached hydrogens (tertiary/aromatic N) is 1. The standard InChI is InChI=1S/C15H13BrClN3O2/c16-13-10(2-1-7-19-13)8-12(14(18)21)20-15(22)9-3-5-11(17)6-4-9/h1-7,12H,8H2,(H2,18,21)(H,20,22)/t12-/m0/s1. The van der Waals surface area contributed by atoms with E-state index >= 15 is 0 Å². The zero-order chi connectivity index (χ0) is 16.1. The number of primary amides is 1. The molecule has 2 amide bonds. The Labute approximate surface area is 141 Å². The number of aromatic nitrogens is 1. The molecule has 0 saturated carbocycles. The van der Waals surface area contributed by atoms with Crippen molar-refractivity contribution in [3.05, 3.63) is 63.3 Å². The van der Waals surface area contributed by atoms with Gasteiger partial charge in [0.25, 0.3) is 5.91 Å². The smallest absolute Gasteiger partial charge is 0.251 e. The average Bonchev–Trinajstić information content (AvgIpc) is 2.49. The first kappa shape index (κ1) is 16.5. The molecule has 1 aromatic carbocycles. The monoisotopic (exact) mass is 381 g/mol. The van der Waals surface area contributed by atoms with Crippen molar-refractivity contribution in [2.24, 2.45) is 5.73 Å². The number of amides is 2. The van der Waals surface area contributed by atoms with Crippen molar-refractivity contribution in [3.8, 4) is 0 Å². The van der Waals surface area contributed by atoms with E-state index in [1.54, 1.807) is 36.5 Å². The van der Waals surface area contributed by atoms with Gasteiger partial charge in [0.1, 0.15) is 10.6 Å². The first-order valence-electron chi connectivity index (χ1n) is 6.42. The molecule has 1 heterocycles. The van der Waals surface area contributed by atoms with E-state index in [0.29, 0.717) is 15.2 Å². The zero-order valence-corrected chi connectivity index (χ0v) is 13.8. The van der Waals surface area contributed by atoms with Crippen LogP contribution in [0.4, 0.5) is 0 Å². The molecule has 0 aliphatic rings. The van der Waals surface area contributed by atoms with E-state index in [2.05, 4.69) is 26.2 Å². The summed E-state index contributed by atoms with van der Waals surface area (Å²) in [6.07, 6.45) is 1.88. The predicted octanol–water partition coefficient (Wildman–Crippen LogP) is 2.32. The fourth-order valence-electron chi connectivity index (χ4n) is 1.86. The molecular formula is C15H13BrClN3O2. The number of rotatable bonds is 5. The average molecular weight is 383 g/mol. The van der Waals surface area contributed by atoms with Gasteiger partial charge in [-0.05, 0) is 51.8 Å². The highest BCUT2D eigenvalue weighted by atomic mass is 79.9. The SMILES string of the molecule is NC(=O)[C@H](Cc1cccnc1Br)NC(=O)c1ccc(Cl)cc1. The second-order valence-corrected chi connectivity index (χ2v) is 5.78. The van der Waals surface area contributed by atoms with Crippen molar-refractivity contribution in [1.29, 1.82) is 0 Å². The Balaban J connectivity index is 2.12. The van der Waals surface area contributed by atoms with Crippen LogP contribution in [0.5, 0.6) is 0 Å². The lowest BCUT2D eigenvalue weighted by Gasteiger charge is -2.16. The first-order chi connectivity index (χ1) is 10.5. The van der Waals surface area contributed by atoms with Crippen molar-refractivity contribution in [3.63, 3.8) is 0 Å². The van der Waals surface area contributed by atoms with Crippen LogP contribution in [0, 0.1) is 0 Å². The number of nitrogens with one attached hydrogen (secondary N) is 1. The number of pyridine rings is 1. The zero-order valence-electron chi connectivity index (χ0n) is 11.4. The normalized spacial score (nSPS) is 11.7. The molecule has 0 unspecified atom stereocenters. The van der Waals surface area contributed by atoms with Crippen LogP contribution < -0.4 is 11.1 Å². The largest absolute Gasteiger partial charge is 0.368 e. The van der Waals surface area contributed by atoms with Gasteiger partial charge in [-0.15, -0.1) is 0 Å². The van der Waals surface area contributed by atoms with Crippen molar-refractivity contribution < 1.29 is 9.59 Å². The van der Waals surface area contributed by atoms with E-state index in [-0.39, 0.29) is 12.3 Å². The number of benzene rings is 1. The molecule has 3 N–H and O–H groups in total. The maximum atomic E-state index is 12.2. The van der Waals surface area contributed by atoms with Gasteiger partial charge in [0, 0.05) is 23.2 Å². The second-order valence-electron chi connectivity index (χ2n) is 4.59. The number of hydrogen-bond acceptors (Lipinski definition) is 3. The van der Waals surface area contributed by atoms with E-state index in [9.17, 15) is 9.59 Å². The van der Waals surface area contributed by atoms with Crippen molar-refractivity contribution in [2.75, 3.05) is 0 Å². The van der Waals surface area contributed by atoms with Gasteiger partial charge in [-0.3, -0.25) is 9.59 Å². The minimum absolute atomic E-state index is 0.253. The maximum absolute atomic E-state index is 12.2. The molecule has 5 nitrogen and oxygen atoms in total. The van der Waals surface area contributed by atoms with Crippen LogP contribution in [0.1, 0.15) is 15.9 Å². The molecule has 0 bridgehead atoms. The number of hydrogen-bond donors (Lipinski definition) is 2. The topological polar surface area (TPSA) is 85.1 Å². The van der Waals surface area contributed by atoms with Crippen molar-refractivity contribution in [1.82, 2.24) is 10.3 Å².